The van der Waals surface area contributed by atoms with Crippen LogP contribution in [0.15, 0.2) is 0 Å². The molecule has 1 saturated heterocycles. The zero-order valence-corrected chi connectivity index (χ0v) is 12.1. The molecule has 2 fully saturated rings. The van der Waals surface area contributed by atoms with Gasteiger partial charge in [-0.2, -0.15) is 0 Å². The van der Waals surface area contributed by atoms with Crippen LogP contribution in [0, 0.1) is 5.41 Å². The van der Waals surface area contributed by atoms with Gasteiger partial charge in [0.15, 0.2) is 0 Å². The Labute approximate surface area is 119 Å². The highest BCUT2D eigenvalue weighted by molar-refractivity contribution is 7.80. The van der Waals surface area contributed by atoms with Crippen LogP contribution in [0.1, 0.15) is 32.1 Å². The number of hydrogen-bond acceptors (Lipinski definition) is 4. The third kappa shape index (κ3) is 2.90. The summed E-state index contributed by atoms with van der Waals surface area (Å²) in [7, 11) is 1.69. The fourth-order valence-corrected chi connectivity index (χ4v) is 3.28. The third-order valence-corrected chi connectivity index (χ3v) is 4.72. The number of rotatable bonds is 4. The molecule has 2 atom stereocenters. The molecule has 0 spiro atoms. The van der Waals surface area contributed by atoms with Crippen molar-refractivity contribution in [3.05, 3.63) is 0 Å². The van der Waals surface area contributed by atoms with Crippen molar-refractivity contribution < 1.29 is 14.3 Å². The molecule has 2 aliphatic rings. The van der Waals surface area contributed by atoms with Gasteiger partial charge in [-0.15, -0.1) is 0 Å². The Bertz CT molecular complexity index is 356. The van der Waals surface area contributed by atoms with Crippen LogP contribution >= 0.6 is 12.2 Å². The Morgan fingerprint density at radius 3 is 2.68 bits per heavy atom. The molecular weight excluding hydrogens is 264 g/mol. The predicted octanol–water partition coefficient (Wildman–Crippen LogP) is 0.753. The summed E-state index contributed by atoms with van der Waals surface area (Å²) in [6, 6.07) is 0.0755. The summed E-state index contributed by atoms with van der Waals surface area (Å²) in [5, 5.41) is 3.08. The van der Waals surface area contributed by atoms with Gasteiger partial charge in [0, 0.05) is 20.3 Å². The molecule has 6 heteroatoms. The molecule has 1 saturated carbocycles. The lowest BCUT2D eigenvalue weighted by Gasteiger charge is -2.36. The quantitative estimate of drug-likeness (QED) is 0.746. The summed E-state index contributed by atoms with van der Waals surface area (Å²) in [4.78, 5) is 12.9. The van der Waals surface area contributed by atoms with Gasteiger partial charge < -0.3 is 20.5 Å². The number of carbonyl (C=O) groups is 1. The van der Waals surface area contributed by atoms with E-state index in [4.69, 9.17) is 27.4 Å². The zero-order valence-electron chi connectivity index (χ0n) is 11.3. The Morgan fingerprint density at radius 2 is 2.11 bits per heavy atom. The highest BCUT2D eigenvalue weighted by Gasteiger charge is 2.44. The standard InChI is InChI=1S/C13H22N2O3S/c1-17-10-4-2-3-9(10)15-12(16)13(11(14)19)5-7-18-8-6-13/h9-10H,2-8H2,1H3,(H2,14,19)(H,15,16). The molecule has 19 heavy (non-hydrogen) atoms. The second kappa shape index (κ2) is 6.15. The van der Waals surface area contributed by atoms with E-state index in [1.807, 2.05) is 0 Å². The van der Waals surface area contributed by atoms with Crippen molar-refractivity contribution in [1.29, 1.82) is 0 Å². The summed E-state index contributed by atoms with van der Waals surface area (Å²) in [6.07, 6.45) is 4.26. The van der Waals surface area contributed by atoms with Crippen LogP contribution in [0.25, 0.3) is 0 Å². The first-order valence-electron chi connectivity index (χ1n) is 6.81. The third-order valence-electron chi connectivity index (χ3n) is 4.32. The number of thiocarbonyl (C=S) groups is 1. The van der Waals surface area contributed by atoms with Crippen molar-refractivity contribution in [3.63, 3.8) is 0 Å². The van der Waals surface area contributed by atoms with Gasteiger partial charge in [-0.3, -0.25) is 4.79 Å². The lowest BCUT2D eigenvalue weighted by atomic mass is 9.79. The summed E-state index contributed by atoms with van der Waals surface area (Å²) in [6.45, 7) is 1.06. The van der Waals surface area contributed by atoms with Gasteiger partial charge in [-0.25, -0.2) is 0 Å². The van der Waals surface area contributed by atoms with Gasteiger partial charge in [-0.1, -0.05) is 12.2 Å². The van der Waals surface area contributed by atoms with E-state index in [2.05, 4.69) is 5.32 Å². The van der Waals surface area contributed by atoms with E-state index in [0.29, 0.717) is 26.1 Å². The molecule has 2 unspecified atom stereocenters. The highest BCUT2D eigenvalue weighted by atomic mass is 32.1. The topological polar surface area (TPSA) is 73.6 Å². The normalized spacial score (nSPS) is 29.9. The lowest BCUT2D eigenvalue weighted by molar-refractivity contribution is -0.133. The Balaban J connectivity index is 2.05. The molecule has 5 nitrogen and oxygen atoms in total. The van der Waals surface area contributed by atoms with Gasteiger partial charge in [0.05, 0.1) is 17.1 Å². The molecule has 0 bridgehead atoms. The van der Waals surface area contributed by atoms with Crippen LogP contribution < -0.4 is 11.1 Å². The van der Waals surface area contributed by atoms with Crippen LogP contribution in [0.2, 0.25) is 0 Å². The maximum absolute atomic E-state index is 12.6. The van der Waals surface area contributed by atoms with Crippen LogP contribution in [0.5, 0.6) is 0 Å². The van der Waals surface area contributed by atoms with Crippen molar-refractivity contribution in [2.75, 3.05) is 20.3 Å². The number of methoxy groups -OCH3 is 1. The number of nitrogens with one attached hydrogen (secondary N) is 1. The number of hydrogen-bond donors (Lipinski definition) is 2. The van der Waals surface area contributed by atoms with E-state index in [1.165, 1.54) is 0 Å². The molecule has 1 amide bonds. The van der Waals surface area contributed by atoms with Gasteiger partial charge in [0.25, 0.3) is 0 Å². The molecule has 0 aromatic rings. The maximum Gasteiger partial charge on any atom is 0.233 e. The minimum Gasteiger partial charge on any atom is -0.392 e. The largest absolute Gasteiger partial charge is 0.392 e. The zero-order chi connectivity index (χ0) is 13.9. The van der Waals surface area contributed by atoms with Gasteiger partial charge in [0.2, 0.25) is 5.91 Å². The predicted molar refractivity (Wildman–Crippen MR) is 75.9 cm³/mol. The van der Waals surface area contributed by atoms with Crippen LogP contribution in [0.3, 0.4) is 0 Å². The average Bonchev–Trinajstić information content (AvgIpc) is 2.86. The van der Waals surface area contributed by atoms with Gasteiger partial charge >= 0.3 is 0 Å². The number of ether oxygens (including phenoxy) is 2. The summed E-state index contributed by atoms with van der Waals surface area (Å²) in [5.41, 5.74) is 5.09. The molecule has 1 aliphatic carbocycles. The first-order chi connectivity index (χ1) is 9.10. The van der Waals surface area contributed by atoms with Crippen molar-refractivity contribution in [1.82, 2.24) is 5.32 Å². The maximum atomic E-state index is 12.6. The molecule has 1 aliphatic heterocycles. The fourth-order valence-electron chi connectivity index (χ4n) is 2.99. The minimum atomic E-state index is -0.742. The van der Waals surface area contributed by atoms with Crippen LogP contribution in [0.4, 0.5) is 0 Å². The number of carbonyl (C=O) groups excluding carboxylic acids is 1. The van der Waals surface area contributed by atoms with Crippen LogP contribution in [-0.4, -0.2) is 43.4 Å². The van der Waals surface area contributed by atoms with E-state index in [-0.39, 0.29) is 23.0 Å². The first-order valence-corrected chi connectivity index (χ1v) is 7.22. The average molecular weight is 286 g/mol. The van der Waals surface area contributed by atoms with E-state index >= 15 is 0 Å². The molecule has 3 N–H and O–H groups in total. The van der Waals surface area contributed by atoms with Crippen molar-refractivity contribution in [2.45, 2.75) is 44.2 Å². The van der Waals surface area contributed by atoms with E-state index < -0.39 is 5.41 Å². The molecule has 0 aromatic carbocycles. The fraction of sp³-hybridized carbons (Fsp3) is 0.846. The monoisotopic (exact) mass is 286 g/mol. The van der Waals surface area contributed by atoms with E-state index in [9.17, 15) is 4.79 Å². The lowest BCUT2D eigenvalue weighted by Crippen LogP contribution is -2.55. The number of amides is 1. The van der Waals surface area contributed by atoms with Gasteiger partial charge in [-0.05, 0) is 32.1 Å². The van der Waals surface area contributed by atoms with E-state index in [1.54, 1.807) is 7.11 Å². The second-order valence-corrected chi connectivity index (χ2v) is 5.78. The molecule has 1 heterocycles. The van der Waals surface area contributed by atoms with Crippen molar-refractivity contribution in [3.8, 4) is 0 Å². The van der Waals surface area contributed by atoms with Gasteiger partial charge in [0.1, 0.15) is 5.41 Å². The number of nitrogens with two attached hydrogens (primary N) is 1. The second-order valence-electron chi connectivity index (χ2n) is 5.34. The summed E-state index contributed by atoms with van der Waals surface area (Å²) < 4.78 is 10.7. The smallest absolute Gasteiger partial charge is 0.233 e. The Morgan fingerprint density at radius 1 is 1.42 bits per heavy atom. The molecule has 0 radical (unpaired) electrons. The molecular formula is C13H22N2O3S. The molecule has 2 rings (SSSR count). The van der Waals surface area contributed by atoms with E-state index in [0.717, 1.165) is 19.3 Å². The van der Waals surface area contributed by atoms with Crippen LogP contribution in [-0.2, 0) is 14.3 Å². The molecule has 0 aromatic heterocycles. The minimum absolute atomic E-state index is 0.0581. The van der Waals surface area contributed by atoms with Crippen molar-refractivity contribution >= 4 is 23.1 Å². The first kappa shape index (κ1) is 14.7. The molecule has 108 valence electrons. The Hall–Kier alpha value is -0.720. The summed E-state index contributed by atoms with van der Waals surface area (Å²) in [5.74, 6) is -0.0581. The SMILES string of the molecule is COC1CCCC1NC(=O)C1(C(N)=S)CCOCC1. The summed E-state index contributed by atoms with van der Waals surface area (Å²) >= 11 is 5.13. The van der Waals surface area contributed by atoms with Crippen molar-refractivity contribution in [2.24, 2.45) is 11.1 Å². The Kier molecular flexibility index (Phi) is 4.76. The highest BCUT2D eigenvalue weighted by Crippen LogP contribution is 2.32.